The van der Waals surface area contributed by atoms with Gasteiger partial charge in [-0.05, 0) is 48.6 Å². The minimum atomic E-state index is -0.447. The second-order valence-electron chi connectivity index (χ2n) is 7.06. The number of benzene rings is 1. The van der Waals surface area contributed by atoms with Crippen molar-refractivity contribution in [1.82, 2.24) is 0 Å². The molecule has 1 aliphatic carbocycles. The number of esters is 2. The summed E-state index contributed by atoms with van der Waals surface area (Å²) < 4.78 is 21.7. The topological polar surface area (TPSA) is 88.1 Å². The van der Waals surface area contributed by atoms with Crippen molar-refractivity contribution in [3.63, 3.8) is 0 Å². The Labute approximate surface area is 177 Å². The Kier molecular flexibility index (Phi) is 5.85. The van der Waals surface area contributed by atoms with E-state index in [1.54, 1.807) is 36.4 Å². The van der Waals surface area contributed by atoms with Gasteiger partial charge in [0.1, 0.15) is 29.1 Å². The predicted octanol–water partition coefficient (Wildman–Crippen LogP) is 3.75. The van der Waals surface area contributed by atoms with Gasteiger partial charge >= 0.3 is 11.9 Å². The molecule has 4 rings (SSSR count). The molecule has 0 amide bonds. The molecule has 8 heteroatoms. The largest absolute Gasteiger partial charge is 0.493 e. The Balaban J connectivity index is 1.37. The fourth-order valence-corrected chi connectivity index (χ4v) is 4.23. The van der Waals surface area contributed by atoms with Crippen LogP contribution in [0.4, 0.5) is 0 Å². The molecule has 1 aliphatic heterocycles. The summed E-state index contributed by atoms with van der Waals surface area (Å²) in [6.45, 7) is 0. The van der Waals surface area contributed by atoms with Gasteiger partial charge in [0.15, 0.2) is 0 Å². The lowest BCUT2D eigenvalue weighted by Gasteiger charge is -2.36. The van der Waals surface area contributed by atoms with E-state index in [1.165, 1.54) is 24.7 Å². The molecule has 0 saturated heterocycles. The van der Waals surface area contributed by atoms with Crippen LogP contribution in [-0.2, 0) is 19.0 Å². The molecular weight excluding hydrogens is 408 g/mol. The standard InChI is InChI=1S/C22H20O7S/c1-26-21(24)13-4-6-14(7-5-13)28-18-12-27-17-11-15(8-9-16(17)20(18)23)29-22(25)19-3-2-10-30-19/h2-7,10,12,15-17H,8-9,11H2,1H3. The second kappa shape index (κ2) is 8.71. The van der Waals surface area contributed by atoms with E-state index in [2.05, 4.69) is 4.74 Å². The first-order valence-electron chi connectivity index (χ1n) is 9.55. The molecule has 1 aromatic carbocycles. The molecule has 156 valence electrons. The second-order valence-corrected chi connectivity index (χ2v) is 8.01. The number of Topliss-reactive ketones (excluding diaryl/α,β-unsaturated/α-hetero) is 1. The van der Waals surface area contributed by atoms with Crippen molar-refractivity contribution in [1.29, 1.82) is 0 Å². The highest BCUT2D eigenvalue weighted by Crippen LogP contribution is 2.35. The van der Waals surface area contributed by atoms with Crippen LogP contribution in [0.3, 0.4) is 0 Å². The lowest BCUT2D eigenvalue weighted by Crippen LogP contribution is -2.43. The minimum absolute atomic E-state index is 0.121. The average Bonchev–Trinajstić information content (AvgIpc) is 3.31. The summed E-state index contributed by atoms with van der Waals surface area (Å²) in [7, 11) is 1.31. The fourth-order valence-electron chi connectivity index (χ4n) is 3.62. The maximum absolute atomic E-state index is 12.8. The molecule has 3 atom stereocenters. The van der Waals surface area contributed by atoms with E-state index in [1.807, 2.05) is 5.38 Å². The van der Waals surface area contributed by atoms with Crippen LogP contribution >= 0.6 is 11.3 Å². The Morgan fingerprint density at radius 1 is 1.10 bits per heavy atom. The molecule has 30 heavy (non-hydrogen) atoms. The highest BCUT2D eigenvalue weighted by molar-refractivity contribution is 7.11. The normalized spacial score (nSPS) is 22.9. The van der Waals surface area contributed by atoms with E-state index in [-0.39, 0.29) is 35.6 Å². The van der Waals surface area contributed by atoms with Crippen molar-refractivity contribution in [2.24, 2.45) is 5.92 Å². The minimum Gasteiger partial charge on any atom is -0.493 e. The van der Waals surface area contributed by atoms with E-state index in [0.717, 1.165) is 0 Å². The lowest BCUT2D eigenvalue weighted by atomic mass is 9.80. The predicted molar refractivity (Wildman–Crippen MR) is 107 cm³/mol. The first-order valence-corrected chi connectivity index (χ1v) is 10.4. The van der Waals surface area contributed by atoms with Gasteiger partial charge < -0.3 is 18.9 Å². The van der Waals surface area contributed by atoms with Gasteiger partial charge in [-0.2, -0.15) is 0 Å². The Morgan fingerprint density at radius 3 is 2.60 bits per heavy atom. The molecule has 0 spiro atoms. The Bertz CT molecular complexity index is 962. The molecule has 1 aromatic heterocycles. The van der Waals surface area contributed by atoms with Crippen molar-refractivity contribution in [3.8, 4) is 5.75 Å². The molecule has 7 nitrogen and oxygen atoms in total. The van der Waals surface area contributed by atoms with Crippen molar-refractivity contribution in [2.45, 2.75) is 31.5 Å². The SMILES string of the molecule is COC(=O)c1ccc(OC2=COC3CC(OC(=O)c4cccs4)CCC3C2=O)cc1. The first kappa shape index (κ1) is 20.2. The van der Waals surface area contributed by atoms with Gasteiger partial charge in [0.05, 0.1) is 18.6 Å². The van der Waals surface area contributed by atoms with E-state index < -0.39 is 5.97 Å². The summed E-state index contributed by atoms with van der Waals surface area (Å²) >= 11 is 1.34. The maximum Gasteiger partial charge on any atom is 0.348 e. The molecule has 2 aromatic rings. The number of carbonyl (C=O) groups is 3. The Morgan fingerprint density at radius 2 is 1.90 bits per heavy atom. The van der Waals surface area contributed by atoms with Gasteiger partial charge in [0.25, 0.3) is 0 Å². The number of methoxy groups -OCH3 is 1. The van der Waals surface area contributed by atoms with Crippen LogP contribution in [0, 0.1) is 5.92 Å². The molecule has 1 saturated carbocycles. The van der Waals surface area contributed by atoms with E-state index >= 15 is 0 Å². The summed E-state index contributed by atoms with van der Waals surface area (Å²) in [6.07, 6.45) is 2.30. The van der Waals surface area contributed by atoms with Crippen molar-refractivity contribution in [2.75, 3.05) is 7.11 Å². The van der Waals surface area contributed by atoms with Gasteiger partial charge in [-0.15, -0.1) is 11.3 Å². The molecule has 0 N–H and O–H groups in total. The highest BCUT2D eigenvalue weighted by Gasteiger charge is 2.42. The zero-order valence-electron chi connectivity index (χ0n) is 16.2. The number of carbonyl (C=O) groups excluding carboxylic acids is 3. The third kappa shape index (κ3) is 4.23. The van der Waals surface area contributed by atoms with Crippen LogP contribution in [0.15, 0.2) is 53.8 Å². The molecule has 1 fully saturated rings. The van der Waals surface area contributed by atoms with Gasteiger partial charge in [0.2, 0.25) is 11.5 Å². The third-order valence-corrected chi connectivity index (χ3v) is 6.02. The number of rotatable bonds is 5. The molecule has 2 aliphatic rings. The van der Waals surface area contributed by atoms with Crippen LogP contribution in [0.25, 0.3) is 0 Å². The number of allylic oxidation sites excluding steroid dienone is 1. The van der Waals surface area contributed by atoms with Crippen LogP contribution in [0.1, 0.15) is 39.3 Å². The van der Waals surface area contributed by atoms with Gasteiger partial charge in [-0.3, -0.25) is 4.79 Å². The van der Waals surface area contributed by atoms with E-state index in [0.29, 0.717) is 35.5 Å². The number of fused-ring (bicyclic) bond motifs is 1. The highest BCUT2D eigenvalue weighted by atomic mass is 32.1. The van der Waals surface area contributed by atoms with Crippen LogP contribution in [0.2, 0.25) is 0 Å². The Hall–Kier alpha value is -3.13. The number of hydrogen-bond acceptors (Lipinski definition) is 8. The van der Waals surface area contributed by atoms with Gasteiger partial charge in [0, 0.05) is 6.42 Å². The van der Waals surface area contributed by atoms with E-state index in [9.17, 15) is 14.4 Å². The smallest absolute Gasteiger partial charge is 0.348 e. The molecule has 3 unspecified atom stereocenters. The fraction of sp³-hybridized carbons (Fsp3) is 0.318. The third-order valence-electron chi connectivity index (χ3n) is 5.17. The summed E-state index contributed by atoms with van der Waals surface area (Å²) in [5, 5.41) is 1.83. The summed E-state index contributed by atoms with van der Waals surface area (Å²) in [5.41, 5.74) is 0.389. The monoisotopic (exact) mass is 428 g/mol. The summed E-state index contributed by atoms with van der Waals surface area (Å²) in [4.78, 5) is 37.1. The number of ether oxygens (including phenoxy) is 4. The van der Waals surface area contributed by atoms with Gasteiger partial charge in [-0.25, -0.2) is 9.59 Å². The summed E-state index contributed by atoms with van der Waals surface area (Å²) in [5.74, 6) is -0.718. The number of thiophene rings is 1. The maximum atomic E-state index is 12.8. The van der Waals surface area contributed by atoms with Crippen molar-refractivity contribution < 1.29 is 33.3 Å². The summed E-state index contributed by atoms with van der Waals surface area (Å²) in [6, 6.07) is 9.83. The van der Waals surface area contributed by atoms with Crippen LogP contribution in [-0.4, -0.2) is 37.0 Å². The average molecular weight is 428 g/mol. The quantitative estimate of drug-likeness (QED) is 0.670. The number of hydrogen-bond donors (Lipinski definition) is 0. The van der Waals surface area contributed by atoms with E-state index in [4.69, 9.17) is 14.2 Å². The molecule has 2 heterocycles. The zero-order valence-corrected chi connectivity index (χ0v) is 17.1. The van der Waals surface area contributed by atoms with Crippen molar-refractivity contribution in [3.05, 3.63) is 64.2 Å². The lowest BCUT2D eigenvalue weighted by molar-refractivity contribution is -0.132. The van der Waals surface area contributed by atoms with Crippen LogP contribution in [0.5, 0.6) is 5.75 Å². The zero-order chi connectivity index (χ0) is 21.1. The van der Waals surface area contributed by atoms with Crippen LogP contribution < -0.4 is 4.74 Å². The molecular formula is C22H20O7S. The van der Waals surface area contributed by atoms with Crippen molar-refractivity contribution >= 4 is 29.1 Å². The number of ketones is 1. The molecule has 0 bridgehead atoms. The first-order chi connectivity index (χ1) is 14.5. The van der Waals surface area contributed by atoms with Gasteiger partial charge in [-0.1, -0.05) is 6.07 Å². The molecule has 0 radical (unpaired) electrons.